The highest BCUT2D eigenvalue weighted by Crippen LogP contribution is 2.74. The second kappa shape index (κ2) is 9.81. The third-order valence-corrected chi connectivity index (χ3v) is 13.0. The van der Waals surface area contributed by atoms with Gasteiger partial charge in [-0.15, -0.1) is 0 Å². The Balaban J connectivity index is 1.68. The molecule has 220 valence electrons. The number of hydrogen-bond donors (Lipinski definition) is 0. The number of rotatable bonds is 7. The minimum atomic E-state index is -1.01. The lowest BCUT2D eigenvalue weighted by molar-refractivity contribution is -0.182. The Morgan fingerprint density at radius 1 is 1.12 bits per heavy atom. The van der Waals surface area contributed by atoms with Gasteiger partial charge in [-0.3, -0.25) is 14.4 Å². The number of fused-ring (bicyclic) bond motifs is 6. The van der Waals surface area contributed by atoms with Crippen molar-refractivity contribution in [2.24, 2.45) is 39.4 Å². The van der Waals surface area contributed by atoms with E-state index in [4.69, 9.17) is 20.9 Å². The third-order valence-electron chi connectivity index (χ3n) is 12.6. The monoisotopic (exact) mass is 571 g/mol. The molecule has 0 amide bonds. The lowest BCUT2D eigenvalue weighted by Crippen LogP contribution is -2.65. The van der Waals surface area contributed by atoms with Gasteiger partial charge in [0.05, 0.1) is 18.7 Å². The first-order chi connectivity index (χ1) is 18.8. The Morgan fingerprint density at radius 2 is 1.85 bits per heavy atom. The zero-order valence-electron chi connectivity index (χ0n) is 25.3. The van der Waals surface area contributed by atoms with Crippen LogP contribution in [-0.4, -0.2) is 29.3 Å². The van der Waals surface area contributed by atoms with Gasteiger partial charge < -0.3 is 9.26 Å². The second-order valence-electron chi connectivity index (χ2n) is 14.2. The molecule has 40 heavy (non-hydrogen) atoms. The SMILES string of the molecule is CCCC[C@]1(C(=O)OC)CC[C@]2(C)[C@H](C(=O)C=C3[C@@]4(C)Cc5cnoc5[C@@](C)(C(=O)Cl)C4CC[C@]32C)[C@@H]1CCC. The maximum absolute atomic E-state index is 14.5. The van der Waals surface area contributed by atoms with Crippen LogP contribution in [-0.2, 0) is 31.0 Å². The second-order valence-corrected chi connectivity index (χ2v) is 14.5. The number of allylic oxidation sites excluding steroid dienone is 2. The molecule has 0 aromatic carbocycles. The smallest absolute Gasteiger partial charge is 0.312 e. The average molecular weight is 572 g/mol. The van der Waals surface area contributed by atoms with Gasteiger partial charge >= 0.3 is 5.97 Å². The number of ketones is 1. The van der Waals surface area contributed by atoms with E-state index in [9.17, 15) is 14.4 Å². The van der Waals surface area contributed by atoms with E-state index in [2.05, 4.69) is 39.8 Å². The summed E-state index contributed by atoms with van der Waals surface area (Å²) in [5.41, 5.74) is -0.630. The van der Waals surface area contributed by atoms with Crippen LogP contribution in [0.1, 0.15) is 111 Å². The molecule has 0 saturated heterocycles. The van der Waals surface area contributed by atoms with E-state index >= 15 is 0 Å². The zero-order valence-corrected chi connectivity index (χ0v) is 26.1. The number of methoxy groups -OCH3 is 1. The Hall–Kier alpha value is -1.95. The van der Waals surface area contributed by atoms with Crippen molar-refractivity contribution >= 4 is 28.6 Å². The van der Waals surface area contributed by atoms with Crippen LogP contribution in [0.25, 0.3) is 0 Å². The van der Waals surface area contributed by atoms with E-state index in [1.54, 1.807) is 6.20 Å². The Morgan fingerprint density at radius 3 is 2.48 bits per heavy atom. The molecule has 1 aromatic rings. The molecule has 2 saturated carbocycles. The molecule has 1 unspecified atom stereocenters. The fourth-order valence-corrected chi connectivity index (χ4v) is 10.6. The molecular formula is C33H46ClNO5. The molecule has 5 rings (SSSR count). The number of hydrogen-bond acceptors (Lipinski definition) is 6. The number of esters is 1. The van der Waals surface area contributed by atoms with Crippen LogP contribution in [0.3, 0.4) is 0 Å². The molecule has 1 aromatic heterocycles. The Kier molecular flexibility index (Phi) is 7.25. The van der Waals surface area contributed by atoms with Crippen molar-refractivity contribution in [2.45, 2.75) is 111 Å². The summed E-state index contributed by atoms with van der Waals surface area (Å²) in [6.07, 6.45) is 11.9. The van der Waals surface area contributed by atoms with Gasteiger partial charge in [0.1, 0.15) is 5.41 Å². The molecule has 7 heteroatoms. The summed E-state index contributed by atoms with van der Waals surface area (Å²) in [6, 6.07) is 0. The number of ether oxygens (including phenoxy) is 1. The molecule has 0 bridgehead atoms. The molecule has 4 aliphatic rings. The molecule has 0 spiro atoms. The summed E-state index contributed by atoms with van der Waals surface area (Å²) in [7, 11) is 1.49. The van der Waals surface area contributed by atoms with Crippen molar-refractivity contribution < 1.29 is 23.6 Å². The van der Waals surface area contributed by atoms with Gasteiger partial charge in [-0.1, -0.05) is 64.6 Å². The Labute approximate surface area is 244 Å². The lowest BCUT2D eigenvalue weighted by Gasteiger charge is -2.68. The topological polar surface area (TPSA) is 86.5 Å². The van der Waals surface area contributed by atoms with Crippen molar-refractivity contribution in [3.63, 3.8) is 0 Å². The van der Waals surface area contributed by atoms with E-state index in [1.165, 1.54) is 7.11 Å². The highest BCUT2D eigenvalue weighted by Gasteiger charge is 2.71. The highest BCUT2D eigenvalue weighted by atomic mass is 35.5. The summed E-state index contributed by atoms with van der Waals surface area (Å²) in [6.45, 7) is 13.1. The van der Waals surface area contributed by atoms with Crippen molar-refractivity contribution in [1.82, 2.24) is 5.16 Å². The van der Waals surface area contributed by atoms with Crippen LogP contribution >= 0.6 is 11.6 Å². The van der Waals surface area contributed by atoms with Crippen LogP contribution in [0, 0.1) is 39.4 Å². The van der Waals surface area contributed by atoms with Gasteiger partial charge in [0.25, 0.3) is 0 Å². The van der Waals surface area contributed by atoms with Gasteiger partial charge in [0.15, 0.2) is 11.5 Å². The first-order valence-electron chi connectivity index (χ1n) is 15.3. The van der Waals surface area contributed by atoms with Crippen LogP contribution in [0.5, 0.6) is 0 Å². The largest absolute Gasteiger partial charge is 0.469 e. The van der Waals surface area contributed by atoms with Crippen molar-refractivity contribution in [3.8, 4) is 0 Å². The van der Waals surface area contributed by atoms with Gasteiger partial charge in [-0.2, -0.15) is 0 Å². The van der Waals surface area contributed by atoms with Crippen LogP contribution in [0.2, 0.25) is 0 Å². The van der Waals surface area contributed by atoms with Crippen LogP contribution < -0.4 is 0 Å². The van der Waals surface area contributed by atoms with E-state index < -0.39 is 21.5 Å². The first-order valence-corrected chi connectivity index (χ1v) is 15.7. The summed E-state index contributed by atoms with van der Waals surface area (Å²) < 4.78 is 11.1. The summed E-state index contributed by atoms with van der Waals surface area (Å²) in [4.78, 5) is 41.2. The van der Waals surface area contributed by atoms with E-state index in [0.717, 1.165) is 68.9 Å². The van der Waals surface area contributed by atoms with Gasteiger partial charge in [0.2, 0.25) is 5.24 Å². The van der Waals surface area contributed by atoms with Gasteiger partial charge in [0, 0.05) is 11.5 Å². The predicted molar refractivity (Wildman–Crippen MR) is 154 cm³/mol. The van der Waals surface area contributed by atoms with Crippen LogP contribution in [0.15, 0.2) is 22.4 Å². The van der Waals surface area contributed by atoms with E-state index in [1.807, 2.05) is 13.0 Å². The number of unbranched alkanes of at least 4 members (excludes halogenated alkanes) is 1. The fourth-order valence-electron chi connectivity index (χ4n) is 10.4. The standard InChI is InChI=1S/C33H46ClNO5/c1-8-10-13-33(28(38)39-7)16-15-31(5)25(21(33)11-9-2)22(36)17-24-29(3)18-20-19-35-40-26(20)32(6,27(34)37)23(29)12-14-30(24,31)4/h17,19,21,23,25H,8-16,18H2,1-7H3/t21-,23?,25-,29-,30+,31+,32-,33-/m0/s1. The highest BCUT2D eigenvalue weighted by molar-refractivity contribution is 6.65. The van der Waals surface area contributed by atoms with Crippen molar-refractivity contribution in [1.29, 1.82) is 0 Å². The molecule has 0 N–H and O–H groups in total. The van der Waals surface area contributed by atoms with Crippen molar-refractivity contribution in [2.75, 3.05) is 7.11 Å². The Bertz CT molecular complexity index is 1250. The van der Waals surface area contributed by atoms with Gasteiger partial charge in [-0.25, -0.2) is 0 Å². The van der Waals surface area contributed by atoms with E-state index in [-0.39, 0.29) is 40.3 Å². The number of nitrogens with zero attached hydrogens (tertiary/aromatic N) is 1. The van der Waals surface area contributed by atoms with Crippen LogP contribution in [0.4, 0.5) is 0 Å². The summed E-state index contributed by atoms with van der Waals surface area (Å²) in [5.74, 6) is 0.148. The first kappa shape index (κ1) is 29.5. The lowest BCUT2D eigenvalue weighted by atomic mass is 9.35. The molecule has 8 atom stereocenters. The number of aromatic nitrogens is 1. The van der Waals surface area contributed by atoms with E-state index in [0.29, 0.717) is 12.2 Å². The maximum atomic E-state index is 14.5. The minimum absolute atomic E-state index is 0.0615. The number of halogens is 1. The minimum Gasteiger partial charge on any atom is -0.469 e. The quantitative estimate of drug-likeness (QED) is 0.251. The number of carbonyl (C=O) groups excluding carboxylic acids is 3. The average Bonchev–Trinajstić information content (AvgIpc) is 3.38. The summed E-state index contributed by atoms with van der Waals surface area (Å²) >= 11 is 6.35. The maximum Gasteiger partial charge on any atom is 0.312 e. The fraction of sp³-hybridized carbons (Fsp3) is 0.758. The zero-order chi connectivity index (χ0) is 29.3. The molecule has 2 fully saturated rings. The molecular weight excluding hydrogens is 526 g/mol. The molecule has 0 radical (unpaired) electrons. The normalized spacial score (nSPS) is 42.1. The van der Waals surface area contributed by atoms with Gasteiger partial charge in [-0.05, 0) is 97.6 Å². The van der Waals surface area contributed by atoms with Crippen molar-refractivity contribution in [3.05, 3.63) is 29.2 Å². The third kappa shape index (κ3) is 3.59. The predicted octanol–water partition coefficient (Wildman–Crippen LogP) is 7.37. The molecule has 4 aliphatic carbocycles. The summed E-state index contributed by atoms with van der Waals surface area (Å²) in [5, 5.41) is 3.63. The molecule has 0 aliphatic heterocycles. The molecule has 1 heterocycles. The number of carbonyl (C=O) groups is 3. The molecule has 6 nitrogen and oxygen atoms in total.